The smallest absolute Gasteiger partial charge is 0.255 e. The van der Waals surface area contributed by atoms with Gasteiger partial charge in [0.2, 0.25) is 0 Å². The van der Waals surface area contributed by atoms with E-state index in [1.807, 2.05) is 52.0 Å². The van der Waals surface area contributed by atoms with Gasteiger partial charge >= 0.3 is 0 Å². The highest BCUT2D eigenvalue weighted by Gasteiger charge is 2.23. The predicted octanol–water partition coefficient (Wildman–Crippen LogP) is 4.95. The molecule has 0 bridgehead atoms. The summed E-state index contributed by atoms with van der Waals surface area (Å²) in [4.78, 5) is 17.3. The quantitative estimate of drug-likeness (QED) is 0.635. The largest absolute Gasteiger partial charge is 0.404 e. The molecule has 5 heteroatoms. The molecular formula is C28H40N4O. The van der Waals surface area contributed by atoms with Gasteiger partial charge in [0.25, 0.3) is 5.91 Å². The molecule has 5 nitrogen and oxygen atoms in total. The predicted molar refractivity (Wildman–Crippen MR) is 141 cm³/mol. The first-order valence-electron chi connectivity index (χ1n) is 11.8. The molecule has 3 rings (SSSR count). The molecule has 0 spiro atoms. The van der Waals surface area contributed by atoms with Crippen molar-refractivity contribution >= 4 is 11.6 Å². The molecule has 1 amide bonds. The molecular weight excluding hydrogens is 408 g/mol. The third-order valence-corrected chi connectivity index (χ3v) is 5.12. The number of allylic oxidation sites excluding steroid dienone is 1. The van der Waals surface area contributed by atoms with E-state index in [4.69, 9.17) is 5.73 Å². The molecule has 0 aliphatic carbocycles. The summed E-state index contributed by atoms with van der Waals surface area (Å²) < 4.78 is 0. The van der Waals surface area contributed by atoms with E-state index in [0.29, 0.717) is 11.6 Å². The molecule has 3 N–H and O–H groups in total. The Kier molecular flexibility index (Phi) is 13.3. The van der Waals surface area contributed by atoms with Gasteiger partial charge in [0.15, 0.2) is 0 Å². The van der Waals surface area contributed by atoms with Crippen LogP contribution in [0.2, 0.25) is 0 Å². The number of likely N-dealkylation sites (tertiary alicyclic amines) is 1. The van der Waals surface area contributed by atoms with E-state index in [0.717, 1.165) is 30.9 Å². The summed E-state index contributed by atoms with van der Waals surface area (Å²) in [5.74, 6) is 5.62. The lowest BCUT2D eigenvalue weighted by Crippen LogP contribution is -2.31. The number of hydrogen-bond acceptors (Lipinski definition) is 4. The van der Waals surface area contributed by atoms with Gasteiger partial charge in [0.1, 0.15) is 0 Å². The number of nitrogens with two attached hydrogens (primary N) is 1. The van der Waals surface area contributed by atoms with Gasteiger partial charge in [-0.2, -0.15) is 0 Å². The van der Waals surface area contributed by atoms with Crippen LogP contribution < -0.4 is 11.1 Å². The van der Waals surface area contributed by atoms with Crippen molar-refractivity contribution in [2.45, 2.75) is 46.7 Å². The Morgan fingerprint density at radius 1 is 1.15 bits per heavy atom. The Bertz CT molecular complexity index is 923. The number of amides is 1. The van der Waals surface area contributed by atoms with Crippen LogP contribution in [-0.2, 0) is 6.54 Å². The fourth-order valence-corrected chi connectivity index (χ4v) is 3.44. The van der Waals surface area contributed by atoms with Gasteiger partial charge in [-0.3, -0.25) is 9.69 Å². The number of rotatable bonds is 5. The van der Waals surface area contributed by atoms with Crippen LogP contribution in [0.1, 0.15) is 55.6 Å². The number of anilines is 1. The van der Waals surface area contributed by atoms with Crippen LogP contribution in [0.3, 0.4) is 0 Å². The SMILES string of the molecule is CC.CC.CN(C)[C@@H]1CCN(Cc2ccc(NC(=O)c3cccc(C#C/C=C/N)c3)cc2)C1. The molecule has 33 heavy (non-hydrogen) atoms. The van der Waals surface area contributed by atoms with Gasteiger partial charge in [0.05, 0.1) is 0 Å². The maximum atomic E-state index is 12.6. The summed E-state index contributed by atoms with van der Waals surface area (Å²) in [7, 11) is 4.29. The normalized spacial score (nSPS) is 15.1. The van der Waals surface area contributed by atoms with Crippen LogP contribution in [0.5, 0.6) is 0 Å². The molecule has 2 aromatic carbocycles. The molecule has 0 unspecified atom stereocenters. The second kappa shape index (κ2) is 15.7. The van der Waals surface area contributed by atoms with E-state index < -0.39 is 0 Å². The lowest BCUT2D eigenvalue weighted by molar-refractivity contribution is 0.102. The monoisotopic (exact) mass is 448 g/mol. The number of carbonyl (C=O) groups is 1. The van der Waals surface area contributed by atoms with Crippen LogP contribution in [0, 0.1) is 11.8 Å². The lowest BCUT2D eigenvalue weighted by Gasteiger charge is -2.20. The van der Waals surface area contributed by atoms with E-state index >= 15 is 0 Å². The zero-order chi connectivity index (χ0) is 24.6. The molecule has 0 saturated carbocycles. The molecule has 1 heterocycles. The molecule has 1 atom stereocenters. The highest BCUT2D eigenvalue weighted by Crippen LogP contribution is 2.18. The molecule has 2 aromatic rings. The van der Waals surface area contributed by atoms with Crippen LogP contribution >= 0.6 is 0 Å². The van der Waals surface area contributed by atoms with E-state index in [-0.39, 0.29) is 5.91 Å². The summed E-state index contributed by atoms with van der Waals surface area (Å²) in [5.41, 5.74) is 8.67. The maximum absolute atomic E-state index is 12.6. The van der Waals surface area contributed by atoms with Crippen molar-refractivity contribution in [3.05, 3.63) is 77.5 Å². The van der Waals surface area contributed by atoms with E-state index in [2.05, 4.69) is 53.2 Å². The highest BCUT2D eigenvalue weighted by molar-refractivity contribution is 6.04. The minimum absolute atomic E-state index is 0.149. The van der Waals surface area contributed by atoms with Gasteiger partial charge in [-0.15, -0.1) is 0 Å². The van der Waals surface area contributed by atoms with Crippen LogP contribution in [0.25, 0.3) is 0 Å². The van der Waals surface area contributed by atoms with Gasteiger partial charge in [-0.1, -0.05) is 57.7 Å². The standard InChI is InChI=1S/C24H28N4O.2C2H6/c1-27(2)23-13-15-28(18-23)17-20-9-11-22(12-10-20)26-24(29)21-8-5-7-19(16-21)6-3-4-14-25;2*1-2/h4-5,7-12,14,16,23H,13,15,17-18,25H2,1-2H3,(H,26,29);2*1-2H3/b14-4+;;/t23-;;/m1../s1. The summed E-state index contributed by atoms with van der Waals surface area (Å²) in [6.07, 6.45) is 4.17. The number of nitrogens with zero attached hydrogens (tertiary/aromatic N) is 2. The summed E-state index contributed by atoms with van der Waals surface area (Å²) >= 11 is 0. The number of likely N-dealkylation sites (N-methyl/N-ethyl adjacent to an activating group) is 1. The molecule has 1 aliphatic heterocycles. The fourth-order valence-electron chi connectivity index (χ4n) is 3.44. The van der Waals surface area contributed by atoms with E-state index in [1.54, 1.807) is 18.2 Å². The number of nitrogens with one attached hydrogen (secondary N) is 1. The van der Waals surface area contributed by atoms with E-state index in [1.165, 1.54) is 18.2 Å². The number of hydrogen-bond donors (Lipinski definition) is 2. The Labute approximate surface area is 200 Å². The number of carbonyl (C=O) groups excluding carboxylic acids is 1. The topological polar surface area (TPSA) is 61.6 Å². The van der Waals surface area contributed by atoms with Crippen molar-refractivity contribution in [1.29, 1.82) is 0 Å². The van der Waals surface area contributed by atoms with Crippen LogP contribution in [-0.4, -0.2) is 48.9 Å². The second-order valence-corrected chi connectivity index (χ2v) is 7.50. The van der Waals surface area contributed by atoms with Crippen LogP contribution in [0.4, 0.5) is 5.69 Å². The minimum atomic E-state index is -0.149. The van der Waals surface area contributed by atoms with Gasteiger partial charge in [-0.25, -0.2) is 0 Å². The van der Waals surface area contributed by atoms with Crippen molar-refractivity contribution in [3.63, 3.8) is 0 Å². The Hall–Kier alpha value is -3.07. The zero-order valence-corrected chi connectivity index (χ0v) is 21.1. The van der Waals surface area contributed by atoms with Crippen molar-refractivity contribution in [1.82, 2.24) is 9.80 Å². The molecule has 178 valence electrons. The maximum Gasteiger partial charge on any atom is 0.255 e. The third-order valence-electron chi connectivity index (χ3n) is 5.12. The molecule has 0 aromatic heterocycles. The summed E-state index contributed by atoms with van der Waals surface area (Å²) in [6.45, 7) is 11.2. The first-order chi connectivity index (χ1) is 16.0. The van der Waals surface area contributed by atoms with E-state index in [9.17, 15) is 4.79 Å². The van der Waals surface area contributed by atoms with Crippen molar-refractivity contribution in [2.24, 2.45) is 5.73 Å². The van der Waals surface area contributed by atoms with Crippen molar-refractivity contribution < 1.29 is 4.79 Å². The van der Waals surface area contributed by atoms with Crippen LogP contribution in [0.15, 0.2) is 60.8 Å². The van der Waals surface area contributed by atoms with Crippen molar-refractivity contribution in [3.8, 4) is 11.8 Å². The fraction of sp³-hybridized carbons (Fsp3) is 0.393. The number of benzene rings is 2. The van der Waals surface area contributed by atoms with Gasteiger partial charge in [-0.05, 0) is 56.4 Å². The summed E-state index contributed by atoms with van der Waals surface area (Å²) in [6, 6.07) is 16.0. The zero-order valence-electron chi connectivity index (χ0n) is 21.1. The average Bonchev–Trinajstić information content (AvgIpc) is 3.32. The molecule has 1 aliphatic rings. The average molecular weight is 449 g/mol. The van der Waals surface area contributed by atoms with Gasteiger partial charge < -0.3 is 16.0 Å². The second-order valence-electron chi connectivity index (χ2n) is 7.50. The van der Waals surface area contributed by atoms with Gasteiger partial charge in [0, 0.05) is 54.8 Å². The Balaban J connectivity index is 0.00000129. The lowest BCUT2D eigenvalue weighted by atomic mass is 10.1. The first-order valence-corrected chi connectivity index (χ1v) is 11.8. The third kappa shape index (κ3) is 9.53. The molecule has 0 radical (unpaired) electrons. The van der Waals surface area contributed by atoms with Crippen molar-refractivity contribution in [2.75, 3.05) is 32.5 Å². The first kappa shape index (κ1) is 28.0. The Morgan fingerprint density at radius 3 is 2.45 bits per heavy atom. The molecule has 1 saturated heterocycles. The Morgan fingerprint density at radius 2 is 1.85 bits per heavy atom. The minimum Gasteiger partial charge on any atom is -0.404 e. The highest BCUT2D eigenvalue weighted by atomic mass is 16.1. The molecule has 1 fully saturated rings. The summed E-state index contributed by atoms with van der Waals surface area (Å²) in [5, 5.41) is 2.95.